The minimum absolute atomic E-state index is 0.679. The topological polar surface area (TPSA) is 18.5 Å². The quantitative estimate of drug-likeness (QED) is 0.729. The number of likely N-dealkylation sites (tertiary alicyclic amines) is 2. The number of rotatable bonds is 7. The van der Waals surface area contributed by atoms with Crippen molar-refractivity contribution in [2.45, 2.75) is 71.4 Å². The Labute approximate surface area is 132 Å². The van der Waals surface area contributed by atoms with Gasteiger partial charge in [0.1, 0.15) is 0 Å². The van der Waals surface area contributed by atoms with E-state index in [0.29, 0.717) is 6.04 Å². The third-order valence-electron chi connectivity index (χ3n) is 5.73. The lowest BCUT2D eigenvalue weighted by Gasteiger charge is -2.36. The number of piperidine rings is 2. The summed E-state index contributed by atoms with van der Waals surface area (Å²) in [6.07, 6.45) is 8.34. The third kappa shape index (κ3) is 5.54. The first-order valence-electron chi connectivity index (χ1n) is 9.40. The van der Waals surface area contributed by atoms with Crippen LogP contribution in [0.5, 0.6) is 0 Å². The van der Waals surface area contributed by atoms with Gasteiger partial charge in [-0.25, -0.2) is 0 Å². The molecule has 0 amide bonds. The molecule has 1 N–H and O–H groups in total. The lowest BCUT2D eigenvalue weighted by atomic mass is 9.91. The second-order valence-electron chi connectivity index (χ2n) is 7.27. The Hall–Kier alpha value is -0.120. The highest BCUT2D eigenvalue weighted by Gasteiger charge is 2.23. The van der Waals surface area contributed by atoms with Gasteiger partial charge >= 0.3 is 0 Å². The zero-order chi connectivity index (χ0) is 15.1. The fourth-order valence-corrected chi connectivity index (χ4v) is 4.05. The molecule has 0 spiro atoms. The van der Waals surface area contributed by atoms with E-state index in [-0.39, 0.29) is 0 Å². The van der Waals surface area contributed by atoms with Crippen LogP contribution >= 0.6 is 0 Å². The van der Waals surface area contributed by atoms with Crippen molar-refractivity contribution in [2.75, 3.05) is 39.3 Å². The van der Waals surface area contributed by atoms with Crippen molar-refractivity contribution in [1.82, 2.24) is 15.1 Å². The first kappa shape index (κ1) is 17.2. The van der Waals surface area contributed by atoms with Gasteiger partial charge in [-0.1, -0.05) is 13.3 Å². The number of nitrogens with zero attached hydrogens (tertiary/aromatic N) is 2. The Morgan fingerprint density at radius 2 is 2.00 bits per heavy atom. The normalized spacial score (nSPS) is 30.4. The molecule has 0 saturated carbocycles. The monoisotopic (exact) mass is 295 g/mol. The molecule has 0 aromatic carbocycles. The van der Waals surface area contributed by atoms with E-state index in [1.54, 1.807) is 0 Å². The van der Waals surface area contributed by atoms with Crippen LogP contribution in [0.3, 0.4) is 0 Å². The Morgan fingerprint density at radius 1 is 1.14 bits per heavy atom. The summed E-state index contributed by atoms with van der Waals surface area (Å²) in [5.74, 6) is 0.854. The van der Waals surface area contributed by atoms with E-state index in [1.165, 1.54) is 77.8 Å². The van der Waals surface area contributed by atoms with Gasteiger partial charge in [-0.05, 0) is 84.6 Å². The van der Waals surface area contributed by atoms with Gasteiger partial charge in [0.2, 0.25) is 0 Å². The maximum atomic E-state index is 3.80. The predicted molar refractivity (Wildman–Crippen MR) is 91.8 cm³/mol. The molecule has 21 heavy (non-hydrogen) atoms. The van der Waals surface area contributed by atoms with Gasteiger partial charge in [0, 0.05) is 18.6 Å². The largest absolute Gasteiger partial charge is 0.314 e. The molecule has 2 heterocycles. The minimum atomic E-state index is 0.679. The average molecular weight is 296 g/mol. The highest BCUT2D eigenvalue weighted by molar-refractivity contribution is 4.80. The summed E-state index contributed by atoms with van der Waals surface area (Å²) in [7, 11) is 0. The first-order chi connectivity index (χ1) is 10.2. The molecule has 2 aliphatic rings. The van der Waals surface area contributed by atoms with Crippen LogP contribution < -0.4 is 5.32 Å². The smallest absolute Gasteiger partial charge is 0.00792 e. The van der Waals surface area contributed by atoms with Gasteiger partial charge in [0.25, 0.3) is 0 Å². The molecule has 0 aliphatic carbocycles. The van der Waals surface area contributed by atoms with Crippen molar-refractivity contribution < 1.29 is 0 Å². The molecule has 0 radical (unpaired) electrons. The highest BCUT2D eigenvalue weighted by Crippen LogP contribution is 2.19. The molecule has 2 fully saturated rings. The van der Waals surface area contributed by atoms with Crippen molar-refractivity contribution in [3.05, 3.63) is 0 Å². The van der Waals surface area contributed by atoms with Crippen LogP contribution in [0.15, 0.2) is 0 Å². The summed E-state index contributed by atoms with van der Waals surface area (Å²) >= 11 is 0. The summed E-state index contributed by atoms with van der Waals surface area (Å²) in [5, 5.41) is 3.80. The van der Waals surface area contributed by atoms with Gasteiger partial charge in [-0.3, -0.25) is 0 Å². The fraction of sp³-hybridized carbons (Fsp3) is 1.00. The van der Waals surface area contributed by atoms with Crippen LogP contribution in [0.4, 0.5) is 0 Å². The molecular weight excluding hydrogens is 258 g/mol. The number of hydrogen-bond acceptors (Lipinski definition) is 3. The van der Waals surface area contributed by atoms with E-state index < -0.39 is 0 Å². The van der Waals surface area contributed by atoms with E-state index in [4.69, 9.17) is 0 Å². The van der Waals surface area contributed by atoms with E-state index in [2.05, 4.69) is 35.9 Å². The van der Waals surface area contributed by atoms with Gasteiger partial charge in [-0.15, -0.1) is 0 Å². The Morgan fingerprint density at radius 3 is 2.76 bits per heavy atom. The molecule has 2 aliphatic heterocycles. The van der Waals surface area contributed by atoms with Gasteiger partial charge in [0.15, 0.2) is 0 Å². The van der Waals surface area contributed by atoms with Gasteiger partial charge in [0.05, 0.1) is 0 Å². The number of hydrogen-bond donors (Lipinski definition) is 1. The summed E-state index contributed by atoms with van der Waals surface area (Å²) < 4.78 is 0. The van der Waals surface area contributed by atoms with E-state index in [0.717, 1.165) is 12.0 Å². The van der Waals surface area contributed by atoms with E-state index in [9.17, 15) is 0 Å². The van der Waals surface area contributed by atoms with Crippen LogP contribution in [0.1, 0.15) is 59.3 Å². The molecule has 2 rings (SSSR count). The molecule has 3 unspecified atom stereocenters. The predicted octanol–water partition coefficient (Wildman–Crippen LogP) is 2.96. The van der Waals surface area contributed by atoms with Crippen molar-refractivity contribution in [2.24, 2.45) is 5.92 Å². The molecule has 0 aromatic rings. The average Bonchev–Trinajstić information content (AvgIpc) is 2.53. The van der Waals surface area contributed by atoms with Gasteiger partial charge in [-0.2, -0.15) is 0 Å². The Bertz CT molecular complexity index is 282. The molecular formula is C18H37N3. The zero-order valence-corrected chi connectivity index (χ0v) is 14.6. The van der Waals surface area contributed by atoms with Crippen molar-refractivity contribution >= 4 is 0 Å². The Kier molecular flexibility index (Phi) is 7.48. The molecule has 3 nitrogen and oxygen atoms in total. The number of nitrogens with one attached hydrogen (secondary N) is 1. The summed E-state index contributed by atoms with van der Waals surface area (Å²) in [6.45, 7) is 14.7. The lowest BCUT2D eigenvalue weighted by Crippen LogP contribution is -2.45. The third-order valence-corrected chi connectivity index (χ3v) is 5.73. The molecule has 0 aromatic heterocycles. The van der Waals surface area contributed by atoms with Crippen LogP contribution in [0, 0.1) is 5.92 Å². The molecule has 3 heteroatoms. The standard InChI is InChI=1S/C18H37N3/c1-4-20-12-7-10-18(15-20)17(3)19-11-8-14-21-13-6-5-9-16(21)2/h16-19H,4-15H2,1-3H3. The maximum Gasteiger partial charge on any atom is 0.00792 e. The summed E-state index contributed by atoms with van der Waals surface area (Å²) in [6, 6.07) is 1.49. The molecule has 2 saturated heterocycles. The van der Waals surface area contributed by atoms with Gasteiger partial charge < -0.3 is 15.1 Å². The van der Waals surface area contributed by atoms with Crippen molar-refractivity contribution in [1.29, 1.82) is 0 Å². The maximum absolute atomic E-state index is 3.80. The SMILES string of the molecule is CCN1CCCC(C(C)NCCCN2CCCCC2C)C1. The molecule has 3 atom stereocenters. The molecule has 124 valence electrons. The first-order valence-corrected chi connectivity index (χ1v) is 9.40. The fourth-order valence-electron chi connectivity index (χ4n) is 4.05. The Balaban J connectivity index is 1.59. The van der Waals surface area contributed by atoms with Crippen LogP contribution in [-0.4, -0.2) is 61.2 Å². The van der Waals surface area contributed by atoms with Crippen LogP contribution in [0.2, 0.25) is 0 Å². The van der Waals surface area contributed by atoms with Crippen molar-refractivity contribution in [3.63, 3.8) is 0 Å². The minimum Gasteiger partial charge on any atom is -0.314 e. The van der Waals surface area contributed by atoms with Crippen LogP contribution in [-0.2, 0) is 0 Å². The van der Waals surface area contributed by atoms with Crippen LogP contribution in [0.25, 0.3) is 0 Å². The molecule has 0 bridgehead atoms. The highest BCUT2D eigenvalue weighted by atomic mass is 15.2. The van der Waals surface area contributed by atoms with E-state index >= 15 is 0 Å². The second kappa shape index (κ2) is 9.12. The van der Waals surface area contributed by atoms with Crippen molar-refractivity contribution in [3.8, 4) is 0 Å². The van der Waals surface area contributed by atoms with E-state index in [1.807, 2.05) is 0 Å². The summed E-state index contributed by atoms with van der Waals surface area (Å²) in [5.41, 5.74) is 0. The lowest BCUT2D eigenvalue weighted by molar-refractivity contribution is 0.148. The summed E-state index contributed by atoms with van der Waals surface area (Å²) in [4.78, 5) is 5.30. The second-order valence-corrected chi connectivity index (χ2v) is 7.27. The zero-order valence-electron chi connectivity index (χ0n) is 14.6.